The number of benzene rings is 1. The second kappa shape index (κ2) is 5.70. The minimum atomic E-state index is -0.857. The molecular formula is C16H16ClN3O3. The summed E-state index contributed by atoms with van der Waals surface area (Å²) in [6.07, 6.45) is 2.68. The summed E-state index contributed by atoms with van der Waals surface area (Å²) in [5.74, 6) is -1.17. The number of halogens is 1. The molecule has 1 amide bonds. The van der Waals surface area contributed by atoms with Crippen molar-refractivity contribution in [3.63, 3.8) is 0 Å². The van der Waals surface area contributed by atoms with Crippen LogP contribution < -0.4 is 5.32 Å². The van der Waals surface area contributed by atoms with Crippen LogP contribution in [0.15, 0.2) is 30.5 Å². The van der Waals surface area contributed by atoms with Crippen LogP contribution in [0, 0.1) is 12.3 Å². The molecule has 1 aromatic carbocycles. The number of nitrogens with one attached hydrogen (secondary N) is 1. The molecule has 1 saturated carbocycles. The molecule has 1 fully saturated rings. The van der Waals surface area contributed by atoms with E-state index in [0.29, 0.717) is 29.1 Å². The monoisotopic (exact) mass is 333 g/mol. The van der Waals surface area contributed by atoms with Gasteiger partial charge in [0.2, 0.25) is 0 Å². The Balaban J connectivity index is 1.76. The molecule has 0 unspecified atom stereocenters. The number of carboxylic acids is 1. The van der Waals surface area contributed by atoms with Gasteiger partial charge in [0.15, 0.2) is 0 Å². The number of carboxylic acid groups (broad SMARTS) is 1. The van der Waals surface area contributed by atoms with E-state index < -0.39 is 11.4 Å². The summed E-state index contributed by atoms with van der Waals surface area (Å²) in [6, 6.07) is 7.17. The van der Waals surface area contributed by atoms with Crippen molar-refractivity contribution in [2.75, 3.05) is 6.54 Å². The van der Waals surface area contributed by atoms with Gasteiger partial charge in [-0.25, -0.2) is 4.68 Å². The van der Waals surface area contributed by atoms with Gasteiger partial charge in [0.05, 0.1) is 28.6 Å². The number of carbonyl (C=O) groups excluding carboxylic acids is 1. The van der Waals surface area contributed by atoms with E-state index in [1.165, 1.54) is 6.20 Å². The third-order valence-electron chi connectivity index (χ3n) is 4.20. The van der Waals surface area contributed by atoms with E-state index in [-0.39, 0.29) is 12.5 Å². The SMILES string of the molecule is Cc1c(C(=O)NCC2(C(=O)O)CC2)cnn1-c1cccc(Cl)c1. The van der Waals surface area contributed by atoms with Crippen molar-refractivity contribution in [1.82, 2.24) is 15.1 Å². The first-order valence-corrected chi connectivity index (χ1v) is 7.63. The fraction of sp³-hybridized carbons (Fsp3) is 0.312. The van der Waals surface area contributed by atoms with E-state index in [0.717, 1.165) is 5.69 Å². The molecule has 1 heterocycles. The second-order valence-electron chi connectivity index (χ2n) is 5.80. The normalized spacial score (nSPS) is 15.2. The fourth-order valence-corrected chi connectivity index (χ4v) is 2.65. The molecule has 6 nitrogen and oxygen atoms in total. The molecule has 1 aliphatic rings. The summed E-state index contributed by atoms with van der Waals surface area (Å²) in [5, 5.41) is 16.6. The first-order valence-electron chi connectivity index (χ1n) is 7.25. The van der Waals surface area contributed by atoms with E-state index in [9.17, 15) is 9.59 Å². The third-order valence-corrected chi connectivity index (χ3v) is 4.44. The predicted octanol–water partition coefficient (Wildman–Crippen LogP) is 2.43. The van der Waals surface area contributed by atoms with Crippen LogP contribution in [0.2, 0.25) is 5.02 Å². The van der Waals surface area contributed by atoms with E-state index in [4.69, 9.17) is 16.7 Å². The van der Waals surface area contributed by atoms with Crippen LogP contribution in [0.25, 0.3) is 5.69 Å². The van der Waals surface area contributed by atoms with Crippen molar-refractivity contribution in [3.8, 4) is 5.69 Å². The molecule has 7 heteroatoms. The Morgan fingerprint density at radius 3 is 2.78 bits per heavy atom. The van der Waals surface area contributed by atoms with E-state index in [2.05, 4.69) is 10.4 Å². The number of hydrogen-bond acceptors (Lipinski definition) is 3. The van der Waals surface area contributed by atoms with Gasteiger partial charge >= 0.3 is 5.97 Å². The van der Waals surface area contributed by atoms with Gasteiger partial charge < -0.3 is 10.4 Å². The van der Waals surface area contributed by atoms with E-state index >= 15 is 0 Å². The van der Waals surface area contributed by atoms with Crippen LogP contribution in [-0.2, 0) is 4.79 Å². The van der Waals surface area contributed by atoms with Crippen molar-refractivity contribution < 1.29 is 14.7 Å². The standard InChI is InChI=1S/C16H16ClN3O3/c1-10-13(14(21)18-9-16(5-6-16)15(22)23)8-19-20(10)12-4-2-3-11(17)7-12/h2-4,7-8H,5-6,9H2,1H3,(H,18,21)(H,22,23). The molecule has 1 aromatic heterocycles. The number of aromatic nitrogens is 2. The average Bonchev–Trinajstić information content (AvgIpc) is 3.21. The van der Waals surface area contributed by atoms with Crippen LogP contribution in [0.4, 0.5) is 0 Å². The zero-order valence-electron chi connectivity index (χ0n) is 12.5. The summed E-state index contributed by atoms with van der Waals surface area (Å²) in [5.41, 5.74) is 1.07. The van der Waals surface area contributed by atoms with Gasteiger partial charge in [-0.1, -0.05) is 17.7 Å². The van der Waals surface area contributed by atoms with Gasteiger partial charge in [0.25, 0.3) is 5.91 Å². The smallest absolute Gasteiger partial charge is 0.311 e. The molecule has 0 aliphatic heterocycles. The van der Waals surface area contributed by atoms with Crippen LogP contribution in [0.3, 0.4) is 0 Å². The Morgan fingerprint density at radius 2 is 2.17 bits per heavy atom. The van der Waals surface area contributed by atoms with E-state index in [1.54, 1.807) is 23.7 Å². The molecule has 0 spiro atoms. The highest BCUT2D eigenvalue weighted by atomic mass is 35.5. The summed E-state index contributed by atoms with van der Waals surface area (Å²) in [7, 11) is 0. The summed E-state index contributed by atoms with van der Waals surface area (Å²) < 4.78 is 1.63. The summed E-state index contributed by atoms with van der Waals surface area (Å²) >= 11 is 5.98. The molecule has 120 valence electrons. The number of aliphatic carboxylic acids is 1. The lowest BCUT2D eigenvalue weighted by Crippen LogP contribution is -2.34. The zero-order valence-corrected chi connectivity index (χ0v) is 13.3. The summed E-state index contributed by atoms with van der Waals surface area (Å²) in [6.45, 7) is 1.93. The molecular weight excluding hydrogens is 318 g/mol. The first kappa shape index (κ1) is 15.6. The molecule has 1 aliphatic carbocycles. The predicted molar refractivity (Wildman–Crippen MR) is 84.9 cm³/mol. The van der Waals surface area contributed by atoms with Crippen molar-refractivity contribution in [2.45, 2.75) is 19.8 Å². The van der Waals surface area contributed by atoms with Gasteiger partial charge in [-0.05, 0) is 38.0 Å². The minimum Gasteiger partial charge on any atom is -0.481 e. The van der Waals surface area contributed by atoms with Crippen molar-refractivity contribution in [1.29, 1.82) is 0 Å². The Kier molecular flexibility index (Phi) is 3.85. The highest BCUT2D eigenvalue weighted by Crippen LogP contribution is 2.45. The maximum absolute atomic E-state index is 12.3. The second-order valence-corrected chi connectivity index (χ2v) is 6.24. The largest absolute Gasteiger partial charge is 0.481 e. The van der Waals surface area contributed by atoms with Gasteiger partial charge in [-0.15, -0.1) is 0 Å². The Hall–Kier alpha value is -2.34. The van der Waals surface area contributed by atoms with Crippen LogP contribution in [-0.4, -0.2) is 33.3 Å². The van der Waals surface area contributed by atoms with Crippen LogP contribution in [0.1, 0.15) is 28.9 Å². The van der Waals surface area contributed by atoms with Gasteiger partial charge in [-0.2, -0.15) is 5.10 Å². The summed E-state index contributed by atoms with van der Waals surface area (Å²) in [4.78, 5) is 23.4. The molecule has 3 rings (SSSR count). The highest BCUT2D eigenvalue weighted by Gasteiger charge is 2.50. The van der Waals surface area contributed by atoms with Crippen LogP contribution >= 0.6 is 11.6 Å². The Labute approximate surface area is 138 Å². The van der Waals surface area contributed by atoms with E-state index in [1.807, 2.05) is 12.1 Å². The van der Waals surface area contributed by atoms with Gasteiger partial charge in [0, 0.05) is 11.6 Å². The van der Waals surface area contributed by atoms with Gasteiger partial charge in [0.1, 0.15) is 0 Å². The molecule has 0 saturated heterocycles. The number of rotatable bonds is 5. The maximum atomic E-state index is 12.3. The Bertz CT molecular complexity index is 781. The maximum Gasteiger partial charge on any atom is 0.311 e. The third kappa shape index (κ3) is 2.94. The van der Waals surface area contributed by atoms with Crippen molar-refractivity contribution in [3.05, 3.63) is 46.7 Å². The topological polar surface area (TPSA) is 84.2 Å². The van der Waals surface area contributed by atoms with Crippen molar-refractivity contribution in [2.24, 2.45) is 5.41 Å². The molecule has 0 atom stereocenters. The quantitative estimate of drug-likeness (QED) is 0.880. The molecule has 23 heavy (non-hydrogen) atoms. The minimum absolute atomic E-state index is 0.142. The first-order chi connectivity index (χ1) is 10.9. The zero-order chi connectivity index (χ0) is 16.6. The fourth-order valence-electron chi connectivity index (χ4n) is 2.46. The number of carbonyl (C=O) groups is 2. The highest BCUT2D eigenvalue weighted by molar-refractivity contribution is 6.30. The molecule has 0 bridgehead atoms. The number of amides is 1. The number of nitrogens with zero attached hydrogens (tertiary/aromatic N) is 2. The Morgan fingerprint density at radius 1 is 1.43 bits per heavy atom. The lowest BCUT2D eigenvalue weighted by molar-refractivity contribution is -0.143. The lowest BCUT2D eigenvalue weighted by atomic mass is 10.1. The average molecular weight is 334 g/mol. The van der Waals surface area contributed by atoms with Crippen LogP contribution in [0.5, 0.6) is 0 Å². The molecule has 2 aromatic rings. The molecule has 2 N–H and O–H groups in total. The lowest BCUT2D eigenvalue weighted by Gasteiger charge is -2.11. The number of hydrogen-bond donors (Lipinski definition) is 2. The van der Waals surface area contributed by atoms with Gasteiger partial charge in [-0.3, -0.25) is 9.59 Å². The van der Waals surface area contributed by atoms with Crippen molar-refractivity contribution >= 4 is 23.5 Å². The molecule has 0 radical (unpaired) electrons.